The molecular weight excluding hydrogens is 441 g/mol. The number of sulfonamides is 1. The van der Waals surface area contributed by atoms with Gasteiger partial charge >= 0.3 is 0 Å². The van der Waals surface area contributed by atoms with E-state index in [4.69, 9.17) is 32.7 Å². The fraction of sp³-hybridized carbons (Fsp3) is 0.222. The molecule has 0 bridgehead atoms. The first-order valence-electron chi connectivity index (χ1n) is 8.14. The molecule has 29 heavy (non-hydrogen) atoms. The number of rotatable bonds is 8. The molecule has 1 amide bonds. The van der Waals surface area contributed by atoms with Crippen molar-refractivity contribution < 1.29 is 22.7 Å². The van der Waals surface area contributed by atoms with Gasteiger partial charge in [0.2, 0.25) is 10.0 Å². The smallest absolute Gasteiger partial charge is 0.255 e. The largest absolute Gasteiger partial charge is 0.493 e. The van der Waals surface area contributed by atoms with Crippen LogP contribution >= 0.6 is 23.2 Å². The number of carbonyl (C=O) groups excluding carboxylic acids is 1. The van der Waals surface area contributed by atoms with Gasteiger partial charge in [-0.25, -0.2) is 13.8 Å². The number of nitrogens with one attached hydrogen (secondary N) is 1. The zero-order chi connectivity index (χ0) is 21.6. The molecule has 0 aliphatic rings. The van der Waals surface area contributed by atoms with E-state index in [1.807, 2.05) is 0 Å². The van der Waals surface area contributed by atoms with Crippen molar-refractivity contribution in [2.75, 3.05) is 27.8 Å². The van der Waals surface area contributed by atoms with Crippen LogP contribution in [0.2, 0.25) is 10.0 Å². The lowest BCUT2D eigenvalue weighted by molar-refractivity contribution is -0.121. The van der Waals surface area contributed by atoms with Crippen molar-refractivity contribution in [3.8, 4) is 11.5 Å². The Morgan fingerprint density at radius 2 is 1.79 bits per heavy atom. The standard InChI is InChI=1S/C18H19Cl2N3O5S/c1-23(29(25,26)13-5-7-16(27-2)17(9-13)28-3)11-18(24)22-21-10-12-4-6-14(19)15(20)8-12/h4-10H,11H2,1-3H3,(H,22,24)/b21-10-. The minimum absolute atomic E-state index is 0.0373. The van der Waals surface area contributed by atoms with Crippen LogP contribution in [0.25, 0.3) is 0 Å². The lowest BCUT2D eigenvalue weighted by atomic mass is 10.2. The molecule has 0 aliphatic heterocycles. The van der Waals surface area contributed by atoms with Crippen LogP contribution in [0.4, 0.5) is 0 Å². The zero-order valence-corrected chi connectivity index (χ0v) is 18.2. The molecule has 0 aromatic heterocycles. The van der Waals surface area contributed by atoms with E-state index < -0.39 is 22.5 Å². The molecule has 0 aliphatic carbocycles. The minimum Gasteiger partial charge on any atom is -0.493 e. The van der Waals surface area contributed by atoms with Crippen LogP contribution in [0.3, 0.4) is 0 Å². The Morgan fingerprint density at radius 1 is 1.10 bits per heavy atom. The molecule has 2 aromatic carbocycles. The second kappa shape index (κ2) is 9.93. The number of nitrogens with zero attached hydrogens (tertiary/aromatic N) is 2. The quantitative estimate of drug-likeness (QED) is 0.483. The third kappa shape index (κ3) is 5.83. The van der Waals surface area contributed by atoms with Gasteiger partial charge in [-0.2, -0.15) is 9.41 Å². The van der Waals surface area contributed by atoms with E-state index in [2.05, 4.69) is 10.5 Å². The highest BCUT2D eigenvalue weighted by Crippen LogP contribution is 2.30. The maximum absolute atomic E-state index is 12.7. The molecule has 0 fully saturated rings. The Bertz CT molecular complexity index is 1030. The van der Waals surface area contributed by atoms with Gasteiger partial charge in [0.05, 0.1) is 41.9 Å². The predicted octanol–water partition coefficient (Wildman–Crippen LogP) is 2.78. The highest BCUT2D eigenvalue weighted by atomic mass is 35.5. The molecule has 8 nitrogen and oxygen atoms in total. The van der Waals surface area contributed by atoms with Gasteiger partial charge in [0, 0.05) is 13.1 Å². The number of likely N-dealkylation sites (N-methyl/N-ethyl adjacent to an activating group) is 1. The molecule has 1 N–H and O–H groups in total. The first-order valence-corrected chi connectivity index (χ1v) is 10.3. The number of hydrogen-bond acceptors (Lipinski definition) is 6. The summed E-state index contributed by atoms with van der Waals surface area (Å²) in [6.07, 6.45) is 1.36. The van der Waals surface area contributed by atoms with Gasteiger partial charge in [-0.15, -0.1) is 0 Å². The molecule has 2 aromatic rings. The van der Waals surface area contributed by atoms with E-state index >= 15 is 0 Å². The number of halogens is 2. The van der Waals surface area contributed by atoms with Crippen molar-refractivity contribution in [3.63, 3.8) is 0 Å². The third-order valence-electron chi connectivity index (χ3n) is 3.78. The van der Waals surface area contributed by atoms with E-state index in [9.17, 15) is 13.2 Å². The van der Waals surface area contributed by atoms with Gasteiger partial charge in [0.15, 0.2) is 11.5 Å². The Kier molecular flexibility index (Phi) is 7.86. The molecule has 0 atom stereocenters. The molecule has 0 radical (unpaired) electrons. The molecular formula is C18H19Cl2N3O5S. The van der Waals surface area contributed by atoms with Crippen LogP contribution < -0.4 is 14.9 Å². The fourth-order valence-corrected chi connectivity index (χ4v) is 3.70. The fourth-order valence-electron chi connectivity index (χ4n) is 2.25. The average molecular weight is 460 g/mol. The summed E-state index contributed by atoms with van der Waals surface area (Å²) < 4.78 is 36.5. The second-order valence-electron chi connectivity index (χ2n) is 5.74. The van der Waals surface area contributed by atoms with Gasteiger partial charge in [0.25, 0.3) is 5.91 Å². The summed E-state index contributed by atoms with van der Waals surface area (Å²) in [4.78, 5) is 12.0. The van der Waals surface area contributed by atoms with Crippen molar-refractivity contribution in [1.29, 1.82) is 0 Å². The first-order chi connectivity index (χ1) is 13.7. The molecule has 0 spiro atoms. The highest BCUT2D eigenvalue weighted by molar-refractivity contribution is 7.89. The summed E-state index contributed by atoms with van der Waals surface area (Å²) in [5.41, 5.74) is 2.88. The van der Waals surface area contributed by atoms with Crippen molar-refractivity contribution in [1.82, 2.24) is 9.73 Å². The lowest BCUT2D eigenvalue weighted by Crippen LogP contribution is -2.36. The summed E-state index contributed by atoms with van der Waals surface area (Å²) in [7, 11) is 0.205. The highest BCUT2D eigenvalue weighted by Gasteiger charge is 2.24. The number of hydrogen-bond donors (Lipinski definition) is 1. The summed E-state index contributed by atoms with van der Waals surface area (Å²) in [5, 5.41) is 4.53. The molecule has 0 unspecified atom stereocenters. The SMILES string of the molecule is COc1ccc(S(=O)(=O)N(C)CC(=O)N/N=C\c2ccc(Cl)c(Cl)c2)cc1OC. The monoisotopic (exact) mass is 459 g/mol. The molecule has 2 rings (SSSR count). The average Bonchev–Trinajstić information content (AvgIpc) is 2.69. The number of ether oxygens (including phenoxy) is 2. The minimum atomic E-state index is -3.93. The Labute approximate surface area is 179 Å². The topological polar surface area (TPSA) is 97.3 Å². The van der Waals surface area contributed by atoms with Gasteiger partial charge in [-0.05, 0) is 29.8 Å². The van der Waals surface area contributed by atoms with Gasteiger partial charge in [-0.1, -0.05) is 29.3 Å². The van der Waals surface area contributed by atoms with Crippen LogP contribution in [-0.4, -0.2) is 52.7 Å². The molecule has 0 saturated heterocycles. The Morgan fingerprint density at radius 3 is 2.41 bits per heavy atom. The van der Waals surface area contributed by atoms with Crippen LogP contribution in [0.5, 0.6) is 11.5 Å². The van der Waals surface area contributed by atoms with Crippen molar-refractivity contribution in [2.45, 2.75) is 4.90 Å². The van der Waals surface area contributed by atoms with Crippen LogP contribution in [0.15, 0.2) is 46.4 Å². The molecule has 0 heterocycles. The maximum atomic E-state index is 12.7. The Balaban J connectivity index is 2.04. The van der Waals surface area contributed by atoms with Gasteiger partial charge in [0.1, 0.15) is 0 Å². The number of methoxy groups -OCH3 is 2. The molecule has 0 saturated carbocycles. The van der Waals surface area contributed by atoms with Crippen LogP contribution in [-0.2, 0) is 14.8 Å². The predicted molar refractivity (Wildman–Crippen MR) is 112 cm³/mol. The van der Waals surface area contributed by atoms with Gasteiger partial charge in [-0.3, -0.25) is 4.79 Å². The molecule has 156 valence electrons. The van der Waals surface area contributed by atoms with E-state index in [0.717, 1.165) is 4.31 Å². The lowest BCUT2D eigenvalue weighted by Gasteiger charge is -2.17. The summed E-state index contributed by atoms with van der Waals surface area (Å²) in [6, 6.07) is 9.00. The second-order valence-corrected chi connectivity index (χ2v) is 8.60. The summed E-state index contributed by atoms with van der Waals surface area (Å²) in [6.45, 7) is -0.435. The van der Waals surface area contributed by atoms with Crippen LogP contribution in [0, 0.1) is 0 Å². The van der Waals surface area contributed by atoms with Crippen molar-refractivity contribution >= 4 is 45.3 Å². The zero-order valence-electron chi connectivity index (χ0n) is 15.8. The summed E-state index contributed by atoms with van der Waals surface area (Å²) in [5.74, 6) is 0.0361. The van der Waals surface area contributed by atoms with E-state index in [-0.39, 0.29) is 10.6 Å². The third-order valence-corrected chi connectivity index (χ3v) is 6.31. The number of benzene rings is 2. The van der Waals surface area contributed by atoms with Crippen molar-refractivity contribution in [2.24, 2.45) is 5.10 Å². The van der Waals surface area contributed by atoms with E-state index in [1.165, 1.54) is 45.7 Å². The van der Waals surface area contributed by atoms with E-state index in [1.54, 1.807) is 18.2 Å². The number of amides is 1. The first kappa shape index (κ1) is 23.0. The van der Waals surface area contributed by atoms with Crippen molar-refractivity contribution in [3.05, 3.63) is 52.0 Å². The normalized spacial score (nSPS) is 11.7. The Hall–Kier alpha value is -2.33. The van der Waals surface area contributed by atoms with E-state index in [0.29, 0.717) is 21.4 Å². The molecule has 11 heteroatoms. The maximum Gasteiger partial charge on any atom is 0.255 e. The van der Waals surface area contributed by atoms with Crippen LogP contribution in [0.1, 0.15) is 5.56 Å². The summed E-state index contributed by atoms with van der Waals surface area (Å²) >= 11 is 11.7. The van der Waals surface area contributed by atoms with Gasteiger partial charge < -0.3 is 9.47 Å². The number of carbonyl (C=O) groups is 1. The number of hydrazone groups is 1.